The molecule has 0 atom stereocenters. The Bertz CT molecular complexity index is 1310. The largest absolute Gasteiger partial charge is 0.493 e. The number of halogens is 1. The predicted octanol–water partition coefficient (Wildman–Crippen LogP) is 5.71. The molecular formula is C26H27ClN4O4S. The summed E-state index contributed by atoms with van der Waals surface area (Å²) in [6, 6.07) is 9.50. The van der Waals surface area contributed by atoms with Crippen molar-refractivity contribution in [2.45, 2.75) is 33.6 Å². The van der Waals surface area contributed by atoms with Crippen LogP contribution < -0.4 is 14.2 Å². The van der Waals surface area contributed by atoms with Crippen LogP contribution in [0.5, 0.6) is 17.2 Å². The summed E-state index contributed by atoms with van der Waals surface area (Å²) in [7, 11) is 1.51. The van der Waals surface area contributed by atoms with E-state index in [4.69, 9.17) is 31.2 Å². The molecule has 0 saturated carbocycles. The Labute approximate surface area is 219 Å². The molecule has 2 heterocycles. The Balaban J connectivity index is 1.47. The number of hydrogen-bond donors (Lipinski definition) is 1. The number of amides is 1. The van der Waals surface area contributed by atoms with Gasteiger partial charge in [-0.3, -0.25) is 10.2 Å². The lowest BCUT2D eigenvalue weighted by Gasteiger charge is -2.20. The van der Waals surface area contributed by atoms with Crippen LogP contribution in [0.4, 0.5) is 0 Å². The van der Waals surface area contributed by atoms with Gasteiger partial charge in [-0.05, 0) is 78.6 Å². The molecule has 0 bridgehead atoms. The number of amidine groups is 2. The number of nitrogens with one attached hydrogen (secondary N) is 1. The van der Waals surface area contributed by atoms with Gasteiger partial charge in [-0.15, -0.1) is 0 Å². The fourth-order valence-corrected chi connectivity index (χ4v) is 4.82. The Kier molecular flexibility index (Phi) is 8.01. The van der Waals surface area contributed by atoms with Gasteiger partial charge in [0.05, 0.1) is 17.7 Å². The van der Waals surface area contributed by atoms with Crippen LogP contribution in [0.3, 0.4) is 0 Å². The van der Waals surface area contributed by atoms with Gasteiger partial charge in [0.2, 0.25) is 5.17 Å². The molecule has 2 aliphatic heterocycles. The first-order chi connectivity index (χ1) is 17.3. The summed E-state index contributed by atoms with van der Waals surface area (Å²) in [6.07, 6.45) is 3.19. The molecule has 0 saturated heterocycles. The van der Waals surface area contributed by atoms with Crippen molar-refractivity contribution in [2.75, 3.05) is 20.3 Å². The van der Waals surface area contributed by atoms with E-state index in [9.17, 15) is 4.79 Å². The predicted molar refractivity (Wildman–Crippen MR) is 145 cm³/mol. The molecule has 0 fully saturated rings. The van der Waals surface area contributed by atoms with Crippen LogP contribution in [0.2, 0.25) is 5.02 Å². The number of hydrazone groups is 1. The van der Waals surface area contributed by atoms with Crippen molar-refractivity contribution in [2.24, 2.45) is 10.1 Å². The summed E-state index contributed by atoms with van der Waals surface area (Å²) in [6.45, 7) is 6.70. The Morgan fingerprint density at radius 2 is 1.89 bits per heavy atom. The van der Waals surface area contributed by atoms with Crippen molar-refractivity contribution in [3.05, 3.63) is 57.6 Å². The van der Waals surface area contributed by atoms with Crippen LogP contribution in [0, 0.1) is 12.3 Å². The molecule has 0 unspecified atom stereocenters. The van der Waals surface area contributed by atoms with Gasteiger partial charge in [-0.1, -0.05) is 31.5 Å². The number of thioether (sulfide) groups is 1. The first kappa shape index (κ1) is 25.8. The second-order valence-electron chi connectivity index (χ2n) is 8.11. The fourth-order valence-electron chi connectivity index (χ4n) is 3.72. The molecule has 2 aromatic carbocycles. The zero-order valence-corrected chi connectivity index (χ0v) is 22.1. The number of carbonyl (C=O) groups is 1. The van der Waals surface area contributed by atoms with Gasteiger partial charge in [-0.2, -0.15) is 15.1 Å². The molecule has 1 N–H and O–H groups in total. The van der Waals surface area contributed by atoms with Crippen molar-refractivity contribution in [3.8, 4) is 17.2 Å². The third kappa shape index (κ3) is 5.57. The van der Waals surface area contributed by atoms with E-state index >= 15 is 0 Å². The van der Waals surface area contributed by atoms with Crippen LogP contribution in [0.15, 0.2) is 46.0 Å². The maximum Gasteiger partial charge on any atom is 0.283 e. The van der Waals surface area contributed by atoms with Gasteiger partial charge in [0.15, 0.2) is 17.3 Å². The third-order valence-corrected chi connectivity index (χ3v) is 6.81. The lowest BCUT2D eigenvalue weighted by Crippen LogP contribution is -2.35. The van der Waals surface area contributed by atoms with E-state index in [-0.39, 0.29) is 18.0 Å². The monoisotopic (exact) mass is 526 g/mol. The number of aryl methyl sites for hydroxylation is 2. The average Bonchev–Trinajstić information content (AvgIpc) is 3.28. The topological polar surface area (TPSA) is 96.6 Å². The number of benzene rings is 2. The van der Waals surface area contributed by atoms with Gasteiger partial charge in [-0.25, -0.2) is 0 Å². The van der Waals surface area contributed by atoms with E-state index < -0.39 is 5.91 Å². The average molecular weight is 527 g/mol. The molecule has 2 aliphatic rings. The standard InChI is InChI=1S/C26H27ClN4O4S/c1-5-16-9-15(3)10-18(11-16)34-7-8-35-23-20(27)13-17(14-21(23)33-4)12-19-24(28)31-26(29-25(19)32)36-22(6-2)30-31/h9-14,28H,5-8H2,1-4H3. The molecule has 0 spiro atoms. The van der Waals surface area contributed by atoms with Gasteiger partial charge in [0.25, 0.3) is 5.91 Å². The minimum absolute atomic E-state index is 0.0316. The summed E-state index contributed by atoms with van der Waals surface area (Å²) < 4.78 is 17.2. The number of hydrogen-bond acceptors (Lipinski definition) is 7. The van der Waals surface area contributed by atoms with Gasteiger partial charge < -0.3 is 14.2 Å². The Morgan fingerprint density at radius 3 is 2.61 bits per heavy atom. The normalized spacial score (nSPS) is 16.1. The minimum Gasteiger partial charge on any atom is -0.493 e. The number of methoxy groups -OCH3 is 1. The van der Waals surface area contributed by atoms with Crippen molar-refractivity contribution >= 4 is 51.4 Å². The summed E-state index contributed by atoms with van der Waals surface area (Å²) >= 11 is 7.81. The maximum atomic E-state index is 12.6. The smallest absolute Gasteiger partial charge is 0.283 e. The first-order valence-electron chi connectivity index (χ1n) is 11.6. The molecule has 0 aromatic heterocycles. The number of fused-ring (bicyclic) bond motifs is 1. The lowest BCUT2D eigenvalue weighted by atomic mass is 10.1. The SMILES string of the molecule is CCC1=NN2C(=N)C(=Cc3cc(Cl)c(OCCOc4cc(C)cc(CC)c4)c(OC)c3)C(=O)N=C2S1. The van der Waals surface area contributed by atoms with Crippen LogP contribution >= 0.6 is 23.4 Å². The first-order valence-corrected chi connectivity index (χ1v) is 12.7. The fraction of sp³-hybridized carbons (Fsp3) is 0.308. The number of rotatable bonds is 9. The number of nitrogens with zero attached hydrogens (tertiary/aromatic N) is 3. The van der Waals surface area contributed by atoms with E-state index in [0.29, 0.717) is 40.3 Å². The van der Waals surface area contributed by atoms with E-state index in [1.165, 1.54) is 29.4 Å². The third-order valence-electron chi connectivity index (χ3n) is 5.48. The maximum absolute atomic E-state index is 12.6. The lowest BCUT2D eigenvalue weighted by molar-refractivity contribution is -0.114. The van der Waals surface area contributed by atoms with Gasteiger partial charge >= 0.3 is 0 Å². The molecule has 1 amide bonds. The van der Waals surface area contributed by atoms with Crippen LogP contribution in [-0.2, 0) is 11.2 Å². The molecular weight excluding hydrogens is 500 g/mol. The molecule has 8 nitrogen and oxygen atoms in total. The minimum atomic E-state index is -0.499. The van der Waals surface area contributed by atoms with Crippen molar-refractivity contribution in [3.63, 3.8) is 0 Å². The van der Waals surface area contributed by atoms with E-state index in [1.807, 2.05) is 26.0 Å². The van der Waals surface area contributed by atoms with E-state index in [2.05, 4.69) is 23.1 Å². The summed E-state index contributed by atoms with van der Waals surface area (Å²) in [5.74, 6) is 1.05. The second-order valence-corrected chi connectivity index (χ2v) is 9.55. The molecule has 0 aliphatic carbocycles. The Hall–Kier alpha value is -3.30. The molecule has 2 aromatic rings. The van der Waals surface area contributed by atoms with Crippen LogP contribution in [0.1, 0.15) is 37.0 Å². The zero-order valence-electron chi connectivity index (χ0n) is 20.6. The summed E-state index contributed by atoms with van der Waals surface area (Å²) in [5.41, 5.74) is 3.05. The highest BCUT2D eigenvalue weighted by Crippen LogP contribution is 2.38. The van der Waals surface area contributed by atoms with E-state index in [1.54, 1.807) is 18.2 Å². The van der Waals surface area contributed by atoms with Crippen molar-refractivity contribution in [1.29, 1.82) is 5.41 Å². The highest BCUT2D eigenvalue weighted by molar-refractivity contribution is 8.26. The van der Waals surface area contributed by atoms with Gasteiger partial charge in [0.1, 0.15) is 24.0 Å². The summed E-state index contributed by atoms with van der Waals surface area (Å²) in [4.78, 5) is 16.7. The number of carbonyl (C=O) groups excluding carboxylic acids is 1. The highest BCUT2D eigenvalue weighted by Gasteiger charge is 2.35. The Morgan fingerprint density at radius 1 is 1.11 bits per heavy atom. The zero-order chi connectivity index (χ0) is 25.8. The second kappa shape index (κ2) is 11.2. The number of ether oxygens (including phenoxy) is 3. The quantitative estimate of drug-likeness (QED) is 0.332. The molecule has 10 heteroatoms. The molecule has 36 heavy (non-hydrogen) atoms. The molecule has 188 valence electrons. The van der Waals surface area contributed by atoms with Crippen molar-refractivity contribution in [1.82, 2.24) is 5.01 Å². The van der Waals surface area contributed by atoms with Crippen molar-refractivity contribution < 1.29 is 19.0 Å². The molecule has 0 radical (unpaired) electrons. The summed E-state index contributed by atoms with van der Waals surface area (Å²) in [5, 5.41) is 15.7. The van der Waals surface area contributed by atoms with Crippen LogP contribution in [0.25, 0.3) is 6.08 Å². The van der Waals surface area contributed by atoms with E-state index in [0.717, 1.165) is 22.8 Å². The van der Waals surface area contributed by atoms with Gasteiger partial charge in [0, 0.05) is 0 Å². The van der Waals surface area contributed by atoms with Crippen LogP contribution in [-0.4, -0.2) is 47.3 Å². The highest BCUT2D eigenvalue weighted by atomic mass is 35.5. The number of aliphatic imine (C=N–C) groups is 1. The molecule has 4 rings (SSSR count).